The van der Waals surface area contributed by atoms with Gasteiger partial charge in [-0.25, -0.2) is 4.79 Å². The number of ether oxygens (including phenoxy) is 1. The van der Waals surface area contributed by atoms with Crippen LogP contribution >= 0.6 is 0 Å². The van der Waals surface area contributed by atoms with E-state index < -0.39 is 5.60 Å². The minimum Gasteiger partial charge on any atom is -0.444 e. The van der Waals surface area contributed by atoms with Crippen molar-refractivity contribution in [2.75, 3.05) is 13.1 Å². The summed E-state index contributed by atoms with van der Waals surface area (Å²) in [6, 6.07) is -0.114. The molecule has 2 bridgehead atoms. The van der Waals surface area contributed by atoms with Crippen LogP contribution in [0.15, 0.2) is 0 Å². The van der Waals surface area contributed by atoms with Crippen molar-refractivity contribution in [1.29, 1.82) is 0 Å². The van der Waals surface area contributed by atoms with E-state index in [0.29, 0.717) is 17.8 Å². The third-order valence-corrected chi connectivity index (χ3v) is 6.78. The van der Waals surface area contributed by atoms with Crippen molar-refractivity contribution in [3.63, 3.8) is 0 Å². The number of rotatable bonds is 1. The molecule has 2 saturated carbocycles. The second-order valence-corrected chi connectivity index (χ2v) is 9.60. The Bertz CT molecular complexity index is 536. The minimum absolute atomic E-state index is 0.177. The maximum absolute atomic E-state index is 13.4. The number of hydrogen-bond donors (Lipinski definition) is 0. The molecule has 2 aliphatic carbocycles. The molecule has 0 aromatic heterocycles. The highest BCUT2D eigenvalue weighted by atomic mass is 16.6. The van der Waals surface area contributed by atoms with Crippen LogP contribution in [-0.4, -0.2) is 52.6 Å². The van der Waals surface area contributed by atoms with Gasteiger partial charge < -0.3 is 9.64 Å². The van der Waals surface area contributed by atoms with Crippen molar-refractivity contribution < 1.29 is 14.3 Å². The van der Waals surface area contributed by atoms with Crippen molar-refractivity contribution in [2.45, 2.75) is 83.4 Å². The van der Waals surface area contributed by atoms with E-state index >= 15 is 0 Å². The van der Waals surface area contributed by atoms with E-state index in [4.69, 9.17) is 4.74 Å². The zero-order valence-corrected chi connectivity index (χ0v) is 15.9. The van der Waals surface area contributed by atoms with Crippen LogP contribution in [-0.2, 0) is 9.53 Å². The van der Waals surface area contributed by atoms with Gasteiger partial charge in [0, 0.05) is 19.1 Å². The molecule has 5 aliphatic rings. The Morgan fingerprint density at radius 3 is 2.04 bits per heavy atom. The van der Waals surface area contributed by atoms with Crippen LogP contribution in [0.3, 0.4) is 0 Å². The lowest BCUT2D eigenvalue weighted by Crippen LogP contribution is -2.63. The Morgan fingerprint density at radius 1 is 0.880 bits per heavy atom. The molecule has 3 saturated heterocycles. The van der Waals surface area contributed by atoms with Gasteiger partial charge in [0.2, 0.25) is 5.91 Å². The summed E-state index contributed by atoms with van der Waals surface area (Å²) in [6.07, 6.45) is 7.72. The maximum atomic E-state index is 13.4. The van der Waals surface area contributed by atoms with Crippen LogP contribution in [0.2, 0.25) is 0 Å². The molecule has 3 heterocycles. The molecule has 0 N–H and O–H groups in total. The first-order valence-corrected chi connectivity index (χ1v) is 10.1. The van der Waals surface area contributed by atoms with Crippen LogP contribution in [0, 0.1) is 17.8 Å². The highest BCUT2D eigenvalue weighted by Gasteiger charge is 2.51. The smallest absolute Gasteiger partial charge is 0.411 e. The normalized spacial score (nSPS) is 37.3. The van der Waals surface area contributed by atoms with E-state index in [1.807, 2.05) is 25.7 Å². The summed E-state index contributed by atoms with van der Waals surface area (Å²) in [7, 11) is 0. The number of likely N-dealkylation sites (tertiary alicyclic amines) is 1. The van der Waals surface area contributed by atoms with Crippen LogP contribution < -0.4 is 0 Å². The molecule has 0 spiro atoms. The van der Waals surface area contributed by atoms with Crippen molar-refractivity contribution >= 4 is 12.0 Å². The van der Waals surface area contributed by atoms with Crippen LogP contribution in [0.25, 0.3) is 0 Å². The predicted molar refractivity (Wildman–Crippen MR) is 95.0 cm³/mol. The summed E-state index contributed by atoms with van der Waals surface area (Å²) >= 11 is 0. The van der Waals surface area contributed by atoms with Gasteiger partial charge in [-0.3, -0.25) is 9.69 Å². The topological polar surface area (TPSA) is 49.9 Å². The number of hydrogen-bond acceptors (Lipinski definition) is 3. The highest BCUT2D eigenvalue weighted by molar-refractivity contribution is 5.87. The standard InChI is InChI=1S/C20H32N2O3/c1-20(2,3)25-19(24)22-16-9-7-13(8-10-16)17(22)18(23)21-11-14-5-4-6-15(14)12-21/h13-17H,4-12H2,1-3H3/t13?,14?,15?,16?,17-/m0/s1. The van der Waals surface area contributed by atoms with Crippen molar-refractivity contribution in [1.82, 2.24) is 9.80 Å². The fourth-order valence-electron chi connectivity index (χ4n) is 5.65. The molecular weight excluding hydrogens is 316 g/mol. The van der Waals surface area contributed by atoms with Gasteiger partial charge in [-0.2, -0.15) is 0 Å². The number of carbonyl (C=O) groups excluding carboxylic acids is 2. The van der Waals surface area contributed by atoms with Crippen LogP contribution in [0.4, 0.5) is 4.79 Å². The fourth-order valence-corrected chi connectivity index (χ4v) is 5.65. The van der Waals surface area contributed by atoms with Crippen LogP contribution in [0.5, 0.6) is 0 Å². The van der Waals surface area contributed by atoms with Crippen molar-refractivity contribution in [3.05, 3.63) is 0 Å². The first-order chi connectivity index (χ1) is 11.8. The van der Waals surface area contributed by atoms with Gasteiger partial charge >= 0.3 is 6.09 Å². The minimum atomic E-state index is -0.522. The molecule has 2 unspecified atom stereocenters. The maximum Gasteiger partial charge on any atom is 0.411 e. The van der Waals surface area contributed by atoms with E-state index in [9.17, 15) is 9.59 Å². The van der Waals surface area contributed by atoms with E-state index in [0.717, 1.165) is 38.8 Å². The third kappa shape index (κ3) is 3.15. The largest absolute Gasteiger partial charge is 0.444 e. The Kier molecular flexibility index (Phi) is 4.24. The first kappa shape index (κ1) is 17.2. The van der Waals surface area contributed by atoms with Gasteiger partial charge in [0.1, 0.15) is 11.6 Å². The SMILES string of the molecule is CC(C)(C)OC(=O)N1C2CCC(CC2)[C@H]1C(=O)N1CC2CCCC2C1. The lowest BCUT2D eigenvalue weighted by Gasteiger charge is -2.51. The number of piperidine rings is 2. The highest BCUT2D eigenvalue weighted by Crippen LogP contribution is 2.43. The van der Waals surface area contributed by atoms with Gasteiger partial charge in [0.15, 0.2) is 0 Å². The summed E-state index contributed by atoms with van der Waals surface area (Å²) in [6.45, 7) is 7.49. The zero-order valence-electron chi connectivity index (χ0n) is 15.9. The average Bonchev–Trinajstić information content (AvgIpc) is 3.14. The third-order valence-electron chi connectivity index (χ3n) is 6.78. The van der Waals surface area contributed by atoms with Gasteiger partial charge in [0.25, 0.3) is 0 Å². The van der Waals surface area contributed by atoms with E-state index in [2.05, 4.69) is 4.90 Å². The summed E-state index contributed by atoms with van der Waals surface area (Å²) < 4.78 is 5.66. The lowest BCUT2D eigenvalue weighted by molar-refractivity contribution is -0.144. The molecular formula is C20H32N2O3. The average molecular weight is 348 g/mol. The molecule has 0 aromatic carbocycles. The molecule has 140 valence electrons. The molecule has 5 nitrogen and oxygen atoms in total. The summed E-state index contributed by atoms with van der Waals surface area (Å²) in [5, 5.41) is 0. The first-order valence-electron chi connectivity index (χ1n) is 10.1. The summed E-state index contributed by atoms with van der Waals surface area (Å²) in [5.41, 5.74) is -0.522. The second-order valence-electron chi connectivity index (χ2n) is 9.60. The molecule has 3 atom stereocenters. The number of nitrogens with zero attached hydrogens (tertiary/aromatic N) is 2. The fraction of sp³-hybridized carbons (Fsp3) is 0.900. The number of amides is 2. The molecule has 2 amide bonds. The number of carbonyl (C=O) groups is 2. The van der Waals surface area contributed by atoms with E-state index in [1.54, 1.807) is 0 Å². The quantitative estimate of drug-likeness (QED) is 0.729. The molecule has 5 heteroatoms. The molecule has 3 aliphatic heterocycles. The summed E-state index contributed by atoms with van der Waals surface area (Å²) in [5.74, 6) is 1.89. The monoisotopic (exact) mass is 348 g/mol. The van der Waals surface area contributed by atoms with Gasteiger partial charge in [-0.05, 0) is 77.0 Å². The molecule has 0 radical (unpaired) electrons. The second kappa shape index (κ2) is 6.17. The van der Waals surface area contributed by atoms with Gasteiger partial charge in [-0.15, -0.1) is 0 Å². The predicted octanol–water partition coefficient (Wildman–Crippen LogP) is 3.42. The van der Waals surface area contributed by atoms with E-state index in [1.165, 1.54) is 19.3 Å². The Balaban J connectivity index is 1.53. The Morgan fingerprint density at radius 2 is 1.48 bits per heavy atom. The zero-order chi connectivity index (χ0) is 17.8. The Labute approximate surface area is 151 Å². The van der Waals surface area contributed by atoms with E-state index in [-0.39, 0.29) is 24.1 Å². The van der Waals surface area contributed by atoms with Crippen LogP contribution in [0.1, 0.15) is 65.7 Å². The molecule has 0 aromatic rings. The molecule has 25 heavy (non-hydrogen) atoms. The van der Waals surface area contributed by atoms with Crippen molar-refractivity contribution in [3.8, 4) is 0 Å². The number of fused-ring (bicyclic) bond motifs is 4. The van der Waals surface area contributed by atoms with Gasteiger partial charge in [0.05, 0.1) is 0 Å². The Hall–Kier alpha value is -1.26. The molecule has 5 rings (SSSR count). The van der Waals surface area contributed by atoms with Crippen molar-refractivity contribution in [2.24, 2.45) is 17.8 Å². The summed E-state index contributed by atoms with van der Waals surface area (Å²) in [4.78, 5) is 30.1. The van der Waals surface area contributed by atoms with Gasteiger partial charge in [-0.1, -0.05) is 6.42 Å². The molecule has 5 fully saturated rings. The lowest BCUT2D eigenvalue weighted by atomic mass is 9.74.